The van der Waals surface area contributed by atoms with Crippen molar-refractivity contribution in [2.24, 2.45) is 5.92 Å². The van der Waals surface area contributed by atoms with Crippen LogP contribution >= 0.6 is 0 Å². The fourth-order valence-electron chi connectivity index (χ4n) is 2.89. The monoisotopic (exact) mass is 278 g/mol. The highest BCUT2D eigenvalue weighted by Gasteiger charge is 2.42. The number of carbonyl (C=O) groups is 1. The van der Waals surface area contributed by atoms with Crippen LogP contribution in [-0.2, 0) is 4.79 Å². The molecule has 19 heavy (non-hydrogen) atoms. The molecule has 2 rings (SSSR count). The third-order valence-electron chi connectivity index (χ3n) is 4.13. The Morgan fingerprint density at radius 3 is 2.37 bits per heavy atom. The number of amides is 1. The lowest BCUT2D eigenvalue weighted by Crippen LogP contribution is -2.50. The molecule has 2 aliphatic rings. The summed E-state index contributed by atoms with van der Waals surface area (Å²) in [5.74, 6) is -1.25. The van der Waals surface area contributed by atoms with Crippen LogP contribution in [0.15, 0.2) is 0 Å². The molecule has 0 spiro atoms. The van der Waals surface area contributed by atoms with Crippen LogP contribution < -0.4 is 5.32 Å². The smallest absolute Gasteiger partial charge is 0.341 e. The van der Waals surface area contributed by atoms with Gasteiger partial charge in [-0.3, -0.25) is 4.79 Å². The average molecular weight is 278 g/mol. The van der Waals surface area contributed by atoms with E-state index in [0.717, 1.165) is 32.2 Å². The predicted octanol–water partition coefficient (Wildman–Crippen LogP) is 2.32. The van der Waals surface area contributed by atoms with Crippen LogP contribution in [-0.4, -0.2) is 42.7 Å². The number of nitrogens with zero attached hydrogens (tertiary/aromatic N) is 1. The summed E-state index contributed by atoms with van der Waals surface area (Å²) in [5, 5.41) is 3.21. The quantitative estimate of drug-likeness (QED) is 0.798. The van der Waals surface area contributed by atoms with Gasteiger partial charge in [-0.15, -0.1) is 0 Å². The predicted molar refractivity (Wildman–Crippen MR) is 65.6 cm³/mol. The number of nitrogens with one attached hydrogen (secondary N) is 1. The molecule has 0 aliphatic carbocycles. The zero-order valence-electron chi connectivity index (χ0n) is 11.0. The van der Waals surface area contributed by atoms with Gasteiger partial charge < -0.3 is 10.2 Å². The number of piperidine rings is 1. The number of hydrogen-bond donors (Lipinski definition) is 1. The fourth-order valence-corrected chi connectivity index (χ4v) is 2.89. The number of alkyl halides is 3. The van der Waals surface area contributed by atoms with E-state index >= 15 is 0 Å². The second-order valence-electron chi connectivity index (χ2n) is 5.50. The van der Waals surface area contributed by atoms with E-state index in [2.05, 4.69) is 5.32 Å². The molecule has 1 unspecified atom stereocenters. The minimum atomic E-state index is -4.12. The Morgan fingerprint density at radius 1 is 1.05 bits per heavy atom. The molecule has 2 aliphatic heterocycles. The summed E-state index contributed by atoms with van der Waals surface area (Å²) in [6.07, 6.45) is -0.0209. The Kier molecular flexibility index (Phi) is 4.71. The van der Waals surface area contributed by atoms with Crippen molar-refractivity contribution in [2.45, 2.75) is 50.7 Å². The van der Waals surface area contributed by atoms with Gasteiger partial charge in [0, 0.05) is 13.1 Å². The van der Waals surface area contributed by atoms with E-state index in [-0.39, 0.29) is 37.9 Å². The summed E-state index contributed by atoms with van der Waals surface area (Å²) in [4.78, 5) is 13.8. The summed E-state index contributed by atoms with van der Waals surface area (Å²) >= 11 is 0. The molecule has 2 fully saturated rings. The van der Waals surface area contributed by atoms with Gasteiger partial charge in [-0.05, 0) is 32.2 Å². The molecule has 1 atom stereocenters. The van der Waals surface area contributed by atoms with E-state index in [9.17, 15) is 18.0 Å². The Hall–Kier alpha value is -0.780. The average Bonchev–Trinajstić information content (AvgIpc) is 2.66. The molecule has 2 heterocycles. The van der Waals surface area contributed by atoms with E-state index < -0.39 is 12.1 Å². The Balaban J connectivity index is 1.85. The van der Waals surface area contributed by atoms with E-state index in [4.69, 9.17) is 0 Å². The van der Waals surface area contributed by atoms with Crippen molar-refractivity contribution >= 4 is 5.91 Å². The highest BCUT2D eigenvalue weighted by molar-refractivity contribution is 5.82. The number of halogens is 3. The van der Waals surface area contributed by atoms with Crippen molar-refractivity contribution in [2.75, 3.05) is 19.6 Å². The van der Waals surface area contributed by atoms with E-state index in [1.165, 1.54) is 0 Å². The summed E-state index contributed by atoms with van der Waals surface area (Å²) in [6, 6.07) is -0.190. The van der Waals surface area contributed by atoms with E-state index in [1.807, 2.05) is 0 Å². The van der Waals surface area contributed by atoms with Crippen LogP contribution in [0.25, 0.3) is 0 Å². The van der Waals surface area contributed by atoms with Crippen molar-refractivity contribution < 1.29 is 18.0 Å². The van der Waals surface area contributed by atoms with Gasteiger partial charge in [-0.2, -0.15) is 13.2 Å². The van der Waals surface area contributed by atoms with Crippen molar-refractivity contribution in [1.29, 1.82) is 0 Å². The molecule has 0 aromatic heterocycles. The lowest BCUT2D eigenvalue weighted by molar-refractivity contribution is -0.186. The number of rotatable bonds is 1. The van der Waals surface area contributed by atoms with Gasteiger partial charge in [0.1, 0.15) is 0 Å². The minimum absolute atomic E-state index is 0.0116. The van der Waals surface area contributed by atoms with E-state index in [0.29, 0.717) is 0 Å². The normalized spacial score (nSPS) is 27.1. The Bertz CT molecular complexity index is 304. The first-order valence-electron chi connectivity index (χ1n) is 7.07. The first-order chi connectivity index (χ1) is 8.98. The number of carbonyl (C=O) groups excluding carboxylic acids is 1. The third kappa shape index (κ3) is 3.84. The molecule has 1 amide bonds. The minimum Gasteiger partial charge on any atom is -0.341 e. The highest BCUT2D eigenvalue weighted by Crippen LogP contribution is 2.34. The van der Waals surface area contributed by atoms with E-state index in [1.54, 1.807) is 4.90 Å². The molecule has 3 nitrogen and oxygen atoms in total. The SMILES string of the molecule is O=C(C1CCCCCN1)N1CCC(C(F)(F)F)CC1. The first-order valence-corrected chi connectivity index (χ1v) is 7.07. The zero-order chi connectivity index (χ0) is 13.9. The van der Waals surface area contributed by atoms with Gasteiger partial charge >= 0.3 is 6.18 Å². The summed E-state index contributed by atoms with van der Waals surface area (Å²) in [7, 11) is 0. The van der Waals surface area contributed by atoms with Gasteiger partial charge in [0.15, 0.2) is 0 Å². The van der Waals surface area contributed by atoms with Gasteiger partial charge in [0.2, 0.25) is 5.91 Å². The van der Waals surface area contributed by atoms with Gasteiger partial charge in [-0.25, -0.2) is 0 Å². The van der Waals surface area contributed by atoms with Crippen molar-refractivity contribution in [3.05, 3.63) is 0 Å². The molecule has 0 radical (unpaired) electrons. The molecule has 2 saturated heterocycles. The number of likely N-dealkylation sites (tertiary alicyclic amines) is 1. The Labute approximate surface area is 111 Å². The molecule has 0 bridgehead atoms. The van der Waals surface area contributed by atoms with Crippen molar-refractivity contribution in [3.8, 4) is 0 Å². The van der Waals surface area contributed by atoms with Gasteiger partial charge in [0.25, 0.3) is 0 Å². The lowest BCUT2D eigenvalue weighted by atomic mass is 9.95. The third-order valence-corrected chi connectivity index (χ3v) is 4.13. The van der Waals surface area contributed by atoms with Crippen LogP contribution in [0.4, 0.5) is 13.2 Å². The van der Waals surface area contributed by atoms with Gasteiger partial charge in [0.05, 0.1) is 12.0 Å². The van der Waals surface area contributed by atoms with Crippen LogP contribution in [0.3, 0.4) is 0 Å². The number of hydrogen-bond acceptors (Lipinski definition) is 2. The largest absolute Gasteiger partial charge is 0.391 e. The molecule has 0 aromatic rings. The van der Waals surface area contributed by atoms with Crippen LogP contribution in [0.1, 0.15) is 38.5 Å². The highest BCUT2D eigenvalue weighted by atomic mass is 19.4. The van der Waals surface area contributed by atoms with Gasteiger partial charge in [-0.1, -0.05) is 12.8 Å². The van der Waals surface area contributed by atoms with Crippen LogP contribution in [0.2, 0.25) is 0 Å². The lowest BCUT2D eigenvalue weighted by Gasteiger charge is -2.34. The fraction of sp³-hybridized carbons (Fsp3) is 0.923. The van der Waals surface area contributed by atoms with Crippen molar-refractivity contribution in [3.63, 3.8) is 0 Å². The summed E-state index contributed by atoms with van der Waals surface area (Å²) < 4.78 is 37.7. The molecule has 110 valence electrons. The summed E-state index contributed by atoms with van der Waals surface area (Å²) in [5.41, 5.74) is 0. The van der Waals surface area contributed by atoms with Crippen molar-refractivity contribution in [1.82, 2.24) is 10.2 Å². The molecule has 0 saturated carbocycles. The second-order valence-corrected chi connectivity index (χ2v) is 5.50. The zero-order valence-corrected chi connectivity index (χ0v) is 11.0. The topological polar surface area (TPSA) is 32.3 Å². The molecule has 0 aromatic carbocycles. The standard InChI is InChI=1S/C13H21F3N2O/c14-13(15,16)10-5-8-18(9-6-10)12(19)11-4-2-1-3-7-17-11/h10-11,17H,1-9H2. The molecular weight excluding hydrogens is 257 g/mol. The molecule has 6 heteroatoms. The first kappa shape index (κ1) is 14.6. The van der Waals surface area contributed by atoms with Crippen LogP contribution in [0.5, 0.6) is 0 Å². The molecule has 1 N–H and O–H groups in total. The van der Waals surface area contributed by atoms with Crippen LogP contribution in [0, 0.1) is 5.92 Å². The second kappa shape index (κ2) is 6.11. The maximum absolute atomic E-state index is 12.6. The Morgan fingerprint density at radius 2 is 1.74 bits per heavy atom. The molecular formula is C13H21F3N2O. The maximum atomic E-state index is 12.6. The maximum Gasteiger partial charge on any atom is 0.391 e. The summed E-state index contributed by atoms with van der Waals surface area (Å²) in [6.45, 7) is 1.30.